The van der Waals surface area contributed by atoms with Crippen molar-refractivity contribution in [1.82, 2.24) is 0 Å². The van der Waals surface area contributed by atoms with Gasteiger partial charge in [-0.3, -0.25) is 0 Å². The van der Waals surface area contributed by atoms with Crippen molar-refractivity contribution in [3.05, 3.63) is 12.2 Å². The van der Waals surface area contributed by atoms with Gasteiger partial charge in [-0.1, -0.05) is 46.6 Å². The molecule has 0 heterocycles. The van der Waals surface area contributed by atoms with Gasteiger partial charge in [-0.2, -0.15) is 0 Å². The van der Waals surface area contributed by atoms with E-state index >= 15 is 0 Å². The first-order valence-electron chi connectivity index (χ1n) is 8.71. The lowest BCUT2D eigenvalue weighted by Gasteiger charge is -2.38. The maximum atomic E-state index is 9.49. The van der Waals surface area contributed by atoms with Crippen molar-refractivity contribution >= 4 is 5.97 Å². The molecular weight excluding hydrogens is 278 g/mol. The van der Waals surface area contributed by atoms with Crippen molar-refractivity contribution in [3.8, 4) is 0 Å². The lowest BCUT2D eigenvalue weighted by Crippen LogP contribution is -2.51. The first-order valence-corrected chi connectivity index (χ1v) is 8.71. The molecule has 4 heteroatoms. The highest BCUT2D eigenvalue weighted by Gasteiger charge is 2.24. The van der Waals surface area contributed by atoms with E-state index in [4.69, 9.17) is 0 Å². The third kappa shape index (κ3) is 12.8. The first-order chi connectivity index (χ1) is 10.4. The predicted octanol–water partition coefficient (Wildman–Crippen LogP) is 2.51. The van der Waals surface area contributed by atoms with Crippen LogP contribution in [0.5, 0.6) is 0 Å². The fraction of sp³-hybridized carbons (Fsp3) is 0.833. The molecule has 0 aliphatic carbocycles. The number of carbonyl (C=O) groups excluding carboxylic acids is 1. The van der Waals surface area contributed by atoms with Crippen LogP contribution in [0.1, 0.15) is 66.2 Å². The van der Waals surface area contributed by atoms with Crippen molar-refractivity contribution in [2.45, 2.75) is 66.2 Å². The lowest BCUT2D eigenvalue weighted by atomic mass is 10.1. The van der Waals surface area contributed by atoms with Gasteiger partial charge in [0.25, 0.3) is 0 Å². The average molecular weight is 315 g/mol. The summed E-state index contributed by atoms with van der Waals surface area (Å²) in [6.45, 7) is 16.3. The van der Waals surface area contributed by atoms with Gasteiger partial charge >= 0.3 is 0 Å². The molecule has 0 aromatic carbocycles. The second kappa shape index (κ2) is 15.0. The van der Waals surface area contributed by atoms with Crippen LogP contribution in [0.15, 0.2) is 12.2 Å². The van der Waals surface area contributed by atoms with Crippen molar-refractivity contribution in [2.24, 2.45) is 0 Å². The zero-order valence-electron chi connectivity index (χ0n) is 15.2. The monoisotopic (exact) mass is 315 g/mol. The molecule has 0 saturated heterocycles. The minimum atomic E-state index is -1.19. The van der Waals surface area contributed by atoms with Crippen LogP contribution < -0.4 is 5.11 Å². The fourth-order valence-electron chi connectivity index (χ4n) is 2.36. The molecule has 0 amide bonds. The van der Waals surface area contributed by atoms with Gasteiger partial charge in [-0.05, 0) is 31.8 Å². The summed E-state index contributed by atoms with van der Waals surface area (Å²) in [5, 5.41) is 18.8. The number of hydrogen-bond donors (Lipinski definition) is 1. The molecule has 0 bridgehead atoms. The maximum Gasteiger partial charge on any atom is 0.102 e. The highest BCUT2D eigenvalue weighted by Crippen LogP contribution is 2.14. The number of aliphatic carboxylic acids is 1. The number of hydrogen-bond acceptors (Lipinski definition) is 3. The molecule has 4 nitrogen and oxygen atoms in total. The third-order valence-electron chi connectivity index (χ3n) is 3.88. The Morgan fingerprint density at radius 3 is 1.45 bits per heavy atom. The van der Waals surface area contributed by atoms with Crippen LogP contribution in [0.3, 0.4) is 0 Å². The molecule has 1 N–H and O–H groups in total. The second-order valence-electron chi connectivity index (χ2n) is 6.09. The Hall–Kier alpha value is -0.870. The zero-order valence-corrected chi connectivity index (χ0v) is 15.2. The summed E-state index contributed by atoms with van der Waals surface area (Å²) < 4.78 is 1.16. The molecule has 0 rings (SSSR count). The molecule has 22 heavy (non-hydrogen) atoms. The summed E-state index contributed by atoms with van der Waals surface area (Å²) in [5.41, 5.74) is 0.0648. The van der Waals surface area contributed by atoms with E-state index in [0.717, 1.165) is 11.0 Å². The van der Waals surface area contributed by atoms with Gasteiger partial charge in [0.05, 0.1) is 32.2 Å². The fourth-order valence-corrected chi connectivity index (χ4v) is 2.36. The normalized spacial score (nSPS) is 10.8. The minimum Gasteiger partial charge on any atom is -0.545 e. The van der Waals surface area contributed by atoms with Crippen molar-refractivity contribution in [3.63, 3.8) is 0 Å². The summed E-state index contributed by atoms with van der Waals surface area (Å²) in [7, 11) is 0. The molecule has 0 spiro atoms. The number of unbranched alkanes of at least 4 members (excludes halogenated alkanes) is 3. The van der Waals surface area contributed by atoms with Crippen LogP contribution in [0.2, 0.25) is 0 Å². The number of quaternary nitrogens is 1. The number of carboxylic acid groups (broad SMARTS) is 1. The summed E-state index contributed by atoms with van der Waals surface area (Å²) >= 11 is 0. The number of aliphatic hydroxyl groups is 1. The summed E-state index contributed by atoms with van der Waals surface area (Å²) in [5.74, 6) is -1.19. The van der Waals surface area contributed by atoms with Crippen LogP contribution in [-0.2, 0) is 4.79 Å². The van der Waals surface area contributed by atoms with Crippen LogP contribution in [0, 0.1) is 0 Å². The molecule has 132 valence electrons. The molecule has 0 aromatic heterocycles. The summed E-state index contributed by atoms with van der Waals surface area (Å²) in [6.07, 6.45) is 7.70. The number of nitrogens with zero attached hydrogens (tertiary/aromatic N) is 1. The molecule has 0 aromatic rings. The quantitative estimate of drug-likeness (QED) is 0.445. The number of carboxylic acids is 1. The Labute approximate surface area is 137 Å². The molecular formula is C18H37NO3. The minimum absolute atomic E-state index is 0.0648. The van der Waals surface area contributed by atoms with Crippen molar-refractivity contribution in [2.75, 3.05) is 32.8 Å². The predicted molar refractivity (Wildman–Crippen MR) is 91.4 cm³/mol. The van der Waals surface area contributed by atoms with Crippen LogP contribution >= 0.6 is 0 Å². The van der Waals surface area contributed by atoms with Crippen LogP contribution in [0.4, 0.5) is 0 Å². The van der Waals surface area contributed by atoms with E-state index in [1.807, 2.05) is 0 Å². The van der Waals surface area contributed by atoms with Gasteiger partial charge < -0.3 is 19.5 Å². The first kappa shape index (κ1) is 23.4. The van der Waals surface area contributed by atoms with E-state index in [1.54, 1.807) is 0 Å². The molecule has 0 aliphatic rings. The number of carbonyl (C=O) groups is 1. The van der Waals surface area contributed by atoms with E-state index in [0.29, 0.717) is 6.61 Å². The lowest BCUT2D eigenvalue weighted by molar-refractivity contribution is -0.929. The molecule has 0 fully saturated rings. The van der Waals surface area contributed by atoms with Gasteiger partial charge in [0.1, 0.15) is 6.54 Å². The second-order valence-corrected chi connectivity index (χ2v) is 6.09. The van der Waals surface area contributed by atoms with E-state index in [9.17, 15) is 15.0 Å². The standard InChI is InChI=1S/C14H32NO.C4H6O2/c1-4-7-10-15(13-14-16,11-8-5-2)12-9-6-3;1-3(2)4(5)6/h16H,4-14H2,1-3H3;1H2,2H3,(H,5,6)/q+1;/p-1. The zero-order chi connectivity index (χ0) is 17.4. The van der Waals surface area contributed by atoms with E-state index < -0.39 is 5.97 Å². The number of rotatable bonds is 12. The average Bonchev–Trinajstić information content (AvgIpc) is 2.49. The van der Waals surface area contributed by atoms with Gasteiger partial charge in [0.2, 0.25) is 0 Å². The third-order valence-corrected chi connectivity index (χ3v) is 3.88. The number of aliphatic hydroxyl groups excluding tert-OH is 1. The molecule has 0 radical (unpaired) electrons. The van der Waals surface area contributed by atoms with Crippen LogP contribution in [0.25, 0.3) is 0 Å². The SMILES string of the molecule is C=C(C)C(=O)[O-].CCCC[N+](CCO)(CCCC)CCCC. The highest BCUT2D eigenvalue weighted by atomic mass is 16.4. The molecule has 0 aliphatic heterocycles. The Morgan fingerprint density at radius 2 is 1.27 bits per heavy atom. The molecule has 0 atom stereocenters. The Morgan fingerprint density at radius 1 is 0.955 bits per heavy atom. The van der Waals surface area contributed by atoms with Crippen molar-refractivity contribution < 1.29 is 19.5 Å². The highest BCUT2D eigenvalue weighted by molar-refractivity contribution is 5.82. The van der Waals surface area contributed by atoms with Gasteiger partial charge in [-0.25, -0.2) is 0 Å². The summed E-state index contributed by atoms with van der Waals surface area (Å²) in [4.78, 5) is 9.49. The van der Waals surface area contributed by atoms with E-state index in [1.165, 1.54) is 65.1 Å². The molecule has 0 saturated carbocycles. The Kier molecular flexibility index (Phi) is 16.0. The Bertz CT molecular complexity index is 256. The summed E-state index contributed by atoms with van der Waals surface area (Å²) in [6, 6.07) is 0. The van der Waals surface area contributed by atoms with Gasteiger partial charge in [0.15, 0.2) is 0 Å². The van der Waals surface area contributed by atoms with E-state index in [-0.39, 0.29) is 5.57 Å². The molecule has 0 unspecified atom stereocenters. The van der Waals surface area contributed by atoms with Gasteiger partial charge in [-0.15, -0.1) is 0 Å². The largest absolute Gasteiger partial charge is 0.545 e. The Balaban J connectivity index is 0. The van der Waals surface area contributed by atoms with Gasteiger partial charge in [0, 0.05) is 0 Å². The topological polar surface area (TPSA) is 60.4 Å². The maximum absolute atomic E-state index is 9.49. The van der Waals surface area contributed by atoms with Crippen molar-refractivity contribution in [1.29, 1.82) is 0 Å². The smallest absolute Gasteiger partial charge is 0.102 e. The van der Waals surface area contributed by atoms with Crippen LogP contribution in [-0.4, -0.2) is 48.3 Å². The van der Waals surface area contributed by atoms with E-state index in [2.05, 4.69) is 27.4 Å².